The summed E-state index contributed by atoms with van der Waals surface area (Å²) in [6, 6.07) is 12.2. The van der Waals surface area contributed by atoms with E-state index in [4.69, 9.17) is 4.42 Å². The molecule has 1 aliphatic heterocycles. The van der Waals surface area contributed by atoms with E-state index in [1.54, 1.807) is 0 Å². The van der Waals surface area contributed by atoms with E-state index in [-0.39, 0.29) is 5.91 Å². The summed E-state index contributed by atoms with van der Waals surface area (Å²) in [5, 5.41) is 3.06. The van der Waals surface area contributed by atoms with Gasteiger partial charge in [-0.25, -0.2) is 4.98 Å². The molecular formula is C24H30N4O2. The quantitative estimate of drug-likeness (QED) is 0.696. The molecule has 1 aliphatic rings. The molecule has 30 heavy (non-hydrogen) atoms. The highest BCUT2D eigenvalue weighted by Crippen LogP contribution is 2.19. The van der Waals surface area contributed by atoms with E-state index in [9.17, 15) is 4.79 Å². The molecule has 158 valence electrons. The van der Waals surface area contributed by atoms with Crippen LogP contribution in [-0.4, -0.2) is 53.4 Å². The van der Waals surface area contributed by atoms with Crippen molar-refractivity contribution in [3.8, 4) is 0 Å². The van der Waals surface area contributed by atoms with E-state index in [1.807, 2.05) is 31.2 Å². The van der Waals surface area contributed by atoms with Gasteiger partial charge in [-0.05, 0) is 69.6 Å². The number of nitrogens with one attached hydrogen (secondary N) is 1. The highest BCUT2D eigenvalue weighted by molar-refractivity contribution is 5.93. The van der Waals surface area contributed by atoms with Gasteiger partial charge in [0, 0.05) is 18.8 Å². The summed E-state index contributed by atoms with van der Waals surface area (Å²) in [5.74, 6) is 0.807. The zero-order valence-electron chi connectivity index (χ0n) is 18.1. The number of carbonyl (C=O) groups is 1. The molecule has 0 aliphatic carbocycles. The van der Waals surface area contributed by atoms with Crippen molar-refractivity contribution in [1.82, 2.24) is 14.8 Å². The van der Waals surface area contributed by atoms with Gasteiger partial charge in [0.1, 0.15) is 5.52 Å². The van der Waals surface area contributed by atoms with E-state index in [2.05, 4.69) is 46.1 Å². The Morgan fingerprint density at radius 3 is 2.57 bits per heavy atom. The first-order valence-electron chi connectivity index (χ1n) is 10.6. The third-order valence-electron chi connectivity index (χ3n) is 5.65. The first-order valence-corrected chi connectivity index (χ1v) is 10.6. The maximum Gasteiger partial charge on any atom is 0.238 e. The molecule has 3 aromatic rings. The Bertz CT molecular complexity index is 1040. The number of hydrogen-bond donors (Lipinski definition) is 1. The average Bonchev–Trinajstić information content (AvgIpc) is 2.95. The number of benzene rings is 2. The number of oxazole rings is 1. The first-order chi connectivity index (χ1) is 14.5. The summed E-state index contributed by atoms with van der Waals surface area (Å²) in [5.41, 5.74) is 6.13. The van der Waals surface area contributed by atoms with E-state index in [0.29, 0.717) is 13.1 Å². The van der Waals surface area contributed by atoms with Crippen molar-refractivity contribution < 1.29 is 9.21 Å². The monoisotopic (exact) mass is 406 g/mol. The van der Waals surface area contributed by atoms with Crippen molar-refractivity contribution in [2.75, 3.05) is 38.0 Å². The zero-order valence-corrected chi connectivity index (χ0v) is 18.1. The lowest BCUT2D eigenvalue weighted by molar-refractivity contribution is -0.117. The maximum absolute atomic E-state index is 12.5. The molecule has 1 N–H and O–H groups in total. The van der Waals surface area contributed by atoms with Gasteiger partial charge in [0.2, 0.25) is 11.8 Å². The number of hydrogen-bond acceptors (Lipinski definition) is 5. The van der Waals surface area contributed by atoms with Gasteiger partial charge >= 0.3 is 0 Å². The van der Waals surface area contributed by atoms with Gasteiger partial charge in [-0.2, -0.15) is 0 Å². The molecule has 2 heterocycles. The highest BCUT2D eigenvalue weighted by atomic mass is 16.3. The largest absolute Gasteiger partial charge is 0.439 e. The molecule has 0 atom stereocenters. The second-order valence-corrected chi connectivity index (χ2v) is 8.35. The van der Waals surface area contributed by atoms with Crippen LogP contribution in [0.2, 0.25) is 0 Å². The molecule has 4 rings (SSSR count). The fourth-order valence-electron chi connectivity index (χ4n) is 4.03. The lowest BCUT2D eigenvalue weighted by Gasteiger charge is -2.20. The molecule has 0 radical (unpaired) electrons. The normalized spacial score (nSPS) is 16.0. The molecular weight excluding hydrogens is 376 g/mol. The maximum atomic E-state index is 12.5. The van der Waals surface area contributed by atoms with Crippen LogP contribution in [-0.2, 0) is 11.3 Å². The van der Waals surface area contributed by atoms with Gasteiger partial charge in [-0.3, -0.25) is 14.6 Å². The lowest BCUT2D eigenvalue weighted by Crippen LogP contribution is -2.36. The molecule has 6 nitrogen and oxygen atoms in total. The number of amides is 1. The van der Waals surface area contributed by atoms with Gasteiger partial charge in [-0.15, -0.1) is 0 Å². The number of anilines is 1. The van der Waals surface area contributed by atoms with E-state index >= 15 is 0 Å². The number of fused-ring (bicyclic) bond motifs is 1. The Balaban J connectivity index is 1.30. The van der Waals surface area contributed by atoms with Crippen LogP contribution in [0.5, 0.6) is 0 Å². The molecule has 2 aromatic carbocycles. The van der Waals surface area contributed by atoms with Gasteiger partial charge < -0.3 is 9.73 Å². The molecule has 1 amide bonds. The minimum Gasteiger partial charge on any atom is -0.439 e. The Hall–Kier alpha value is -2.70. The predicted molar refractivity (Wildman–Crippen MR) is 120 cm³/mol. The SMILES string of the molecule is Cc1ccc(NC(=O)CN2CCCN(Cc3nc4ccc(C)cc4o3)CC2)c(C)c1. The van der Waals surface area contributed by atoms with Crippen molar-refractivity contribution in [2.24, 2.45) is 0 Å². The molecule has 6 heteroatoms. The topological polar surface area (TPSA) is 61.6 Å². The van der Waals surface area contributed by atoms with Crippen molar-refractivity contribution in [2.45, 2.75) is 33.7 Å². The Morgan fingerprint density at radius 1 is 1.00 bits per heavy atom. The van der Waals surface area contributed by atoms with E-state index < -0.39 is 0 Å². The van der Waals surface area contributed by atoms with Gasteiger partial charge in [0.15, 0.2) is 5.58 Å². The second-order valence-electron chi connectivity index (χ2n) is 8.35. The van der Waals surface area contributed by atoms with Gasteiger partial charge in [-0.1, -0.05) is 23.8 Å². The van der Waals surface area contributed by atoms with Crippen LogP contribution < -0.4 is 5.32 Å². The number of aryl methyl sites for hydroxylation is 3. The Morgan fingerprint density at radius 2 is 1.73 bits per heavy atom. The number of rotatable bonds is 5. The fourth-order valence-corrected chi connectivity index (χ4v) is 4.03. The standard InChI is InChI=1S/C24H30N4O2/c1-17-5-7-20(19(3)13-17)25-23(29)15-27-9-4-10-28(12-11-27)16-24-26-21-8-6-18(2)14-22(21)30-24/h5-8,13-14H,4,9-12,15-16H2,1-3H3,(H,25,29). The average molecular weight is 407 g/mol. The van der Waals surface area contributed by atoms with Crippen LogP contribution >= 0.6 is 0 Å². The smallest absolute Gasteiger partial charge is 0.238 e. The van der Waals surface area contributed by atoms with Crippen LogP contribution in [0.25, 0.3) is 11.1 Å². The van der Waals surface area contributed by atoms with Crippen molar-refractivity contribution >= 4 is 22.7 Å². The zero-order chi connectivity index (χ0) is 21.1. The van der Waals surface area contributed by atoms with Crippen molar-refractivity contribution in [3.63, 3.8) is 0 Å². The Kier molecular flexibility index (Phi) is 6.16. The van der Waals surface area contributed by atoms with Crippen LogP contribution in [0, 0.1) is 20.8 Å². The van der Waals surface area contributed by atoms with Crippen LogP contribution in [0.15, 0.2) is 40.8 Å². The number of carbonyl (C=O) groups excluding carboxylic acids is 1. The van der Waals surface area contributed by atoms with Crippen molar-refractivity contribution in [3.05, 3.63) is 59.0 Å². The first kappa shape index (κ1) is 20.6. The summed E-state index contributed by atoms with van der Waals surface area (Å²) in [6.07, 6.45) is 1.02. The molecule has 1 fully saturated rings. The highest BCUT2D eigenvalue weighted by Gasteiger charge is 2.19. The summed E-state index contributed by atoms with van der Waals surface area (Å²) >= 11 is 0. The fraction of sp³-hybridized carbons (Fsp3) is 0.417. The predicted octanol–water partition coefficient (Wildman–Crippen LogP) is 3.90. The third-order valence-corrected chi connectivity index (χ3v) is 5.65. The van der Waals surface area contributed by atoms with Gasteiger partial charge in [0.05, 0.1) is 13.1 Å². The molecule has 1 saturated heterocycles. The minimum absolute atomic E-state index is 0.0460. The Labute approximate surface area is 177 Å². The van der Waals surface area contributed by atoms with Crippen molar-refractivity contribution in [1.29, 1.82) is 0 Å². The molecule has 0 spiro atoms. The molecule has 0 bridgehead atoms. The lowest BCUT2D eigenvalue weighted by atomic mass is 10.1. The molecule has 0 saturated carbocycles. The molecule has 1 aromatic heterocycles. The summed E-state index contributed by atoms with van der Waals surface area (Å²) in [6.45, 7) is 10.9. The minimum atomic E-state index is 0.0460. The van der Waals surface area contributed by atoms with Gasteiger partial charge in [0.25, 0.3) is 0 Å². The van der Waals surface area contributed by atoms with E-state index in [0.717, 1.165) is 60.8 Å². The summed E-state index contributed by atoms with van der Waals surface area (Å²) < 4.78 is 5.94. The third kappa shape index (κ3) is 5.07. The number of aromatic nitrogens is 1. The summed E-state index contributed by atoms with van der Waals surface area (Å²) in [4.78, 5) is 21.8. The van der Waals surface area contributed by atoms with E-state index in [1.165, 1.54) is 11.1 Å². The van der Waals surface area contributed by atoms with Crippen LogP contribution in [0.3, 0.4) is 0 Å². The van der Waals surface area contributed by atoms with Crippen LogP contribution in [0.4, 0.5) is 5.69 Å². The number of nitrogens with zero attached hydrogens (tertiary/aromatic N) is 3. The summed E-state index contributed by atoms with van der Waals surface area (Å²) in [7, 11) is 0. The molecule has 0 unspecified atom stereocenters. The van der Waals surface area contributed by atoms with Crippen LogP contribution in [0.1, 0.15) is 29.0 Å². The second kappa shape index (κ2) is 8.98.